The molecule has 10 heteroatoms. The Kier molecular flexibility index (Phi) is 10.1. The Morgan fingerprint density at radius 2 is 1.48 bits per heavy atom. The van der Waals surface area contributed by atoms with Crippen LogP contribution in [0.5, 0.6) is 5.75 Å². The zero-order chi connectivity index (χ0) is 29.5. The summed E-state index contributed by atoms with van der Waals surface area (Å²) in [6.07, 6.45) is 0.202. The minimum absolute atomic E-state index is 0.131. The third-order valence-corrected chi connectivity index (χ3v) is 6.61. The van der Waals surface area contributed by atoms with Crippen molar-refractivity contribution in [3.8, 4) is 5.75 Å². The van der Waals surface area contributed by atoms with Crippen molar-refractivity contribution in [3.63, 3.8) is 0 Å². The number of methoxy groups -OCH3 is 1. The normalized spacial score (nSPS) is 18.6. The summed E-state index contributed by atoms with van der Waals surface area (Å²) in [5, 5.41) is 18.0. The summed E-state index contributed by atoms with van der Waals surface area (Å²) in [6, 6.07) is 13.5. The van der Waals surface area contributed by atoms with E-state index in [0.29, 0.717) is 5.75 Å². The van der Waals surface area contributed by atoms with E-state index >= 15 is 0 Å². The highest BCUT2D eigenvalue weighted by Crippen LogP contribution is 2.29. The van der Waals surface area contributed by atoms with Crippen LogP contribution in [0.2, 0.25) is 0 Å². The van der Waals surface area contributed by atoms with Gasteiger partial charge in [-0.15, -0.1) is 0 Å². The molecule has 1 aliphatic heterocycles. The van der Waals surface area contributed by atoms with Crippen LogP contribution in [0.15, 0.2) is 54.6 Å². The van der Waals surface area contributed by atoms with Crippen LogP contribution in [-0.2, 0) is 36.8 Å². The van der Waals surface area contributed by atoms with Gasteiger partial charge < -0.3 is 30.5 Å². The molecule has 1 saturated heterocycles. The number of aliphatic hydroxyl groups is 1. The van der Waals surface area contributed by atoms with Crippen molar-refractivity contribution in [1.82, 2.24) is 16.0 Å². The molecule has 3 amide bonds. The zero-order valence-electron chi connectivity index (χ0n) is 23.7. The third-order valence-electron chi connectivity index (χ3n) is 6.61. The first-order valence-electron chi connectivity index (χ1n) is 13.3. The summed E-state index contributed by atoms with van der Waals surface area (Å²) in [4.78, 5) is 52.2. The Morgan fingerprint density at radius 1 is 0.925 bits per heavy atom. The average Bonchev–Trinajstić information content (AvgIpc) is 3.65. The lowest BCUT2D eigenvalue weighted by molar-refractivity contribution is -0.134. The number of nitrogens with one attached hydrogen (secondary N) is 3. The van der Waals surface area contributed by atoms with Gasteiger partial charge in [-0.3, -0.25) is 19.2 Å². The Morgan fingerprint density at radius 3 is 2.02 bits per heavy atom. The van der Waals surface area contributed by atoms with Crippen molar-refractivity contribution in [3.05, 3.63) is 65.7 Å². The molecule has 2 aromatic carbocycles. The second-order valence-corrected chi connectivity index (χ2v) is 11.0. The summed E-state index contributed by atoms with van der Waals surface area (Å²) in [7, 11) is 1.55. The zero-order valence-corrected chi connectivity index (χ0v) is 23.7. The Bertz CT molecular complexity index is 1190. The number of rotatable bonds is 14. The predicted octanol–water partition coefficient (Wildman–Crippen LogP) is 1.47. The molecule has 4 atom stereocenters. The standard InChI is InChI=1S/C30H39N3O7/c1-19(31-25(34)17-29(2,3)38)27(36)33-24(16-21-11-13-22(39-5)14-12-21)28(37)32-23(26(35)30(4)18-40-30)15-20-9-7-6-8-10-20/h6-14,19,23-24,38H,15-18H2,1-5H3,(H,31,34)(H,32,37)(H,33,36). The fraction of sp³-hybridized carbons (Fsp3) is 0.467. The SMILES string of the molecule is COc1ccc(CC(NC(=O)C(C)NC(=O)CC(C)(C)O)C(=O)NC(Cc2ccccc2)C(=O)C2(C)CO2)cc1. The van der Waals surface area contributed by atoms with Crippen molar-refractivity contribution in [2.75, 3.05) is 13.7 Å². The summed E-state index contributed by atoms with van der Waals surface area (Å²) < 4.78 is 10.6. The summed E-state index contributed by atoms with van der Waals surface area (Å²) in [6.45, 7) is 6.45. The number of amides is 3. The van der Waals surface area contributed by atoms with Crippen LogP contribution in [0.25, 0.3) is 0 Å². The molecule has 0 bridgehead atoms. The Labute approximate surface area is 234 Å². The number of ketones is 1. The number of benzene rings is 2. The maximum atomic E-state index is 13.6. The van der Waals surface area contributed by atoms with Gasteiger partial charge in [0.05, 0.1) is 31.8 Å². The summed E-state index contributed by atoms with van der Waals surface area (Å²) in [5.41, 5.74) is -0.576. The molecule has 4 N–H and O–H groups in total. The first-order valence-corrected chi connectivity index (χ1v) is 13.3. The smallest absolute Gasteiger partial charge is 0.243 e. The molecular formula is C30H39N3O7. The Balaban J connectivity index is 1.79. The van der Waals surface area contributed by atoms with Crippen molar-refractivity contribution in [1.29, 1.82) is 0 Å². The maximum Gasteiger partial charge on any atom is 0.243 e. The largest absolute Gasteiger partial charge is 0.497 e. The first-order chi connectivity index (χ1) is 18.8. The fourth-order valence-corrected chi connectivity index (χ4v) is 4.20. The molecule has 0 radical (unpaired) electrons. The lowest BCUT2D eigenvalue weighted by Gasteiger charge is -2.25. The lowest BCUT2D eigenvalue weighted by atomic mass is 9.94. The number of carbonyl (C=O) groups is 4. The second kappa shape index (κ2) is 13.1. The van der Waals surface area contributed by atoms with E-state index in [0.717, 1.165) is 11.1 Å². The van der Waals surface area contributed by atoms with E-state index in [4.69, 9.17) is 9.47 Å². The van der Waals surface area contributed by atoms with E-state index in [-0.39, 0.29) is 31.7 Å². The van der Waals surface area contributed by atoms with Gasteiger partial charge in [-0.1, -0.05) is 42.5 Å². The van der Waals surface area contributed by atoms with Gasteiger partial charge in [0.1, 0.15) is 23.4 Å². The van der Waals surface area contributed by atoms with Gasteiger partial charge in [-0.25, -0.2) is 0 Å². The van der Waals surface area contributed by atoms with E-state index in [9.17, 15) is 24.3 Å². The van der Waals surface area contributed by atoms with Crippen molar-refractivity contribution in [2.24, 2.45) is 0 Å². The van der Waals surface area contributed by atoms with Crippen LogP contribution < -0.4 is 20.7 Å². The molecule has 216 valence electrons. The quantitative estimate of drug-likeness (QED) is 0.259. The molecule has 4 unspecified atom stereocenters. The van der Waals surface area contributed by atoms with Crippen LogP contribution >= 0.6 is 0 Å². The molecule has 1 fully saturated rings. The lowest BCUT2D eigenvalue weighted by Crippen LogP contribution is -2.57. The highest BCUT2D eigenvalue weighted by molar-refractivity contribution is 5.98. The van der Waals surface area contributed by atoms with Crippen molar-refractivity contribution >= 4 is 23.5 Å². The van der Waals surface area contributed by atoms with E-state index in [1.165, 1.54) is 20.8 Å². The van der Waals surface area contributed by atoms with Crippen LogP contribution in [0, 0.1) is 0 Å². The molecule has 2 aromatic rings. The average molecular weight is 554 g/mol. The van der Waals surface area contributed by atoms with Crippen molar-refractivity contribution < 1.29 is 33.8 Å². The van der Waals surface area contributed by atoms with Gasteiger partial charge in [-0.2, -0.15) is 0 Å². The molecule has 3 rings (SSSR count). The number of hydrogen-bond acceptors (Lipinski definition) is 7. The van der Waals surface area contributed by atoms with Gasteiger partial charge >= 0.3 is 0 Å². The topological polar surface area (TPSA) is 146 Å². The highest BCUT2D eigenvalue weighted by atomic mass is 16.6. The first kappa shape index (κ1) is 30.8. The van der Waals surface area contributed by atoms with E-state index < -0.39 is 47.0 Å². The molecule has 0 aromatic heterocycles. The van der Waals surface area contributed by atoms with Gasteiger partial charge in [-0.05, 0) is 57.4 Å². The molecule has 1 heterocycles. The number of carbonyl (C=O) groups excluding carboxylic acids is 4. The molecular weight excluding hydrogens is 514 g/mol. The van der Waals surface area contributed by atoms with Crippen molar-refractivity contribution in [2.45, 2.75) is 76.3 Å². The number of ether oxygens (including phenoxy) is 2. The summed E-state index contributed by atoms with van der Waals surface area (Å²) >= 11 is 0. The number of Topliss-reactive ketones (excluding diaryl/α,β-unsaturated/α-hetero) is 1. The fourth-order valence-electron chi connectivity index (χ4n) is 4.20. The van der Waals surface area contributed by atoms with E-state index in [1.54, 1.807) is 38.3 Å². The van der Waals surface area contributed by atoms with Gasteiger partial charge in [0.15, 0.2) is 5.78 Å². The van der Waals surface area contributed by atoms with Gasteiger partial charge in [0, 0.05) is 6.42 Å². The molecule has 1 aliphatic rings. The second-order valence-electron chi connectivity index (χ2n) is 11.0. The predicted molar refractivity (Wildman–Crippen MR) is 149 cm³/mol. The van der Waals surface area contributed by atoms with E-state index in [2.05, 4.69) is 16.0 Å². The number of hydrogen-bond donors (Lipinski definition) is 4. The molecule has 0 saturated carbocycles. The van der Waals surface area contributed by atoms with Crippen LogP contribution in [0.1, 0.15) is 45.2 Å². The Hall–Kier alpha value is -3.76. The minimum Gasteiger partial charge on any atom is -0.497 e. The van der Waals surface area contributed by atoms with E-state index in [1.807, 2.05) is 30.3 Å². The van der Waals surface area contributed by atoms with Crippen LogP contribution in [0.3, 0.4) is 0 Å². The molecule has 0 spiro atoms. The highest BCUT2D eigenvalue weighted by Gasteiger charge is 2.50. The monoisotopic (exact) mass is 553 g/mol. The molecule has 10 nitrogen and oxygen atoms in total. The van der Waals surface area contributed by atoms with Crippen LogP contribution in [0.4, 0.5) is 0 Å². The third kappa shape index (κ3) is 9.17. The van der Waals surface area contributed by atoms with Gasteiger partial charge in [0.2, 0.25) is 17.7 Å². The minimum atomic E-state index is -1.24. The number of epoxide rings is 1. The molecule has 40 heavy (non-hydrogen) atoms. The molecule has 0 aliphatic carbocycles. The van der Waals surface area contributed by atoms with Gasteiger partial charge in [0.25, 0.3) is 0 Å². The summed E-state index contributed by atoms with van der Waals surface area (Å²) in [5.74, 6) is -1.23. The van der Waals surface area contributed by atoms with Crippen LogP contribution in [-0.4, -0.2) is 71.7 Å². The maximum absolute atomic E-state index is 13.6.